The largest absolute Gasteiger partial charge is 0.382 e. The number of nitrogens with zero attached hydrogens (tertiary/aromatic N) is 1. The van der Waals surface area contributed by atoms with Gasteiger partial charge in [0.05, 0.1) is 0 Å². The zero-order chi connectivity index (χ0) is 7.82. The molecular weight excluding hydrogens is 128 g/mol. The van der Waals surface area contributed by atoms with E-state index in [1.165, 1.54) is 0 Å². The SMILES string of the molecule is CCOCCCNN(C)C. The standard InChI is InChI=1S/C7H18N2O/c1-4-10-7-5-6-8-9(2)3/h8H,4-7H2,1-3H3. The third kappa shape index (κ3) is 7.88. The molecule has 0 bridgehead atoms. The van der Waals surface area contributed by atoms with Crippen molar-refractivity contribution >= 4 is 0 Å². The molecule has 62 valence electrons. The highest BCUT2D eigenvalue weighted by Gasteiger charge is 1.87. The first-order chi connectivity index (χ1) is 4.77. The molecule has 3 heteroatoms. The van der Waals surface area contributed by atoms with Gasteiger partial charge in [0, 0.05) is 33.9 Å². The summed E-state index contributed by atoms with van der Waals surface area (Å²) in [6.45, 7) is 4.69. The number of hydrazine groups is 1. The lowest BCUT2D eigenvalue weighted by molar-refractivity contribution is 0.139. The van der Waals surface area contributed by atoms with E-state index >= 15 is 0 Å². The van der Waals surface area contributed by atoms with Gasteiger partial charge in [-0.2, -0.15) is 0 Å². The van der Waals surface area contributed by atoms with Crippen molar-refractivity contribution in [2.24, 2.45) is 0 Å². The lowest BCUT2D eigenvalue weighted by Gasteiger charge is -2.10. The van der Waals surface area contributed by atoms with Gasteiger partial charge in [0.1, 0.15) is 0 Å². The van der Waals surface area contributed by atoms with Crippen LogP contribution in [0.3, 0.4) is 0 Å². The molecule has 0 rings (SSSR count). The van der Waals surface area contributed by atoms with Crippen LogP contribution in [0.1, 0.15) is 13.3 Å². The third-order valence-corrected chi connectivity index (χ3v) is 1.10. The monoisotopic (exact) mass is 146 g/mol. The highest BCUT2D eigenvalue weighted by Crippen LogP contribution is 1.79. The molecular formula is C7H18N2O. The Labute approximate surface area is 63.3 Å². The summed E-state index contributed by atoms with van der Waals surface area (Å²) in [5, 5.41) is 1.95. The van der Waals surface area contributed by atoms with E-state index in [4.69, 9.17) is 4.74 Å². The summed E-state index contributed by atoms with van der Waals surface area (Å²) in [7, 11) is 3.97. The van der Waals surface area contributed by atoms with E-state index in [9.17, 15) is 0 Å². The fourth-order valence-corrected chi connectivity index (χ4v) is 0.621. The second kappa shape index (κ2) is 6.99. The minimum Gasteiger partial charge on any atom is -0.382 e. The molecule has 0 aliphatic carbocycles. The fraction of sp³-hybridized carbons (Fsp3) is 1.00. The molecule has 0 saturated heterocycles. The first-order valence-corrected chi connectivity index (χ1v) is 3.76. The Bertz CT molecular complexity index is 66.6. The van der Waals surface area contributed by atoms with Crippen molar-refractivity contribution in [3.8, 4) is 0 Å². The predicted octanol–water partition coefficient (Wildman–Crippen LogP) is 0.479. The van der Waals surface area contributed by atoms with Gasteiger partial charge < -0.3 is 4.74 Å². The Balaban J connectivity index is 2.77. The van der Waals surface area contributed by atoms with Crippen LogP contribution in [-0.4, -0.2) is 38.9 Å². The van der Waals surface area contributed by atoms with Crippen LogP contribution in [-0.2, 0) is 4.74 Å². The summed E-state index contributed by atoms with van der Waals surface area (Å²) < 4.78 is 5.16. The van der Waals surface area contributed by atoms with Crippen LogP contribution < -0.4 is 5.43 Å². The van der Waals surface area contributed by atoms with Crippen LogP contribution in [0.4, 0.5) is 0 Å². The van der Waals surface area contributed by atoms with Crippen LogP contribution in [0.15, 0.2) is 0 Å². The molecule has 0 radical (unpaired) electrons. The molecule has 1 N–H and O–H groups in total. The maximum atomic E-state index is 5.16. The molecule has 0 heterocycles. The lowest BCUT2D eigenvalue weighted by Crippen LogP contribution is -2.31. The van der Waals surface area contributed by atoms with Gasteiger partial charge in [0.25, 0.3) is 0 Å². The zero-order valence-electron chi connectivity index (χ0n) is 7.18. The van der Waals surface area contributed by atoms with Crippen LogP contribution >= 0.6 is 0 Å². The minimum atomic E-state index is 0.821. The molecule has 10 heavy (non-hydrogen) atoms. The smallest absolute Gasteiger partial charge is 0.0478 e. The lowest BCUT2D eigenvalue weighted by atomic mass is 10.5. The normalized spacial score (nSPS) is 10.8. The van der Waals surface area contributed by atoms with E-state index in [0.29, 0.717) is 0 Å². The summed E-state index contributed by atoms with van der Waals surface area (Å²) in [5.74, 6) is 0. The summed E-state index contributed by atoms with van der Waals surface area (Å²) in [4.78, 5) is 0. The van der Waals surface area contributed by atoms with Crippen LogP contribution in [0, 0.1) is 0 Å². The molecule has 0 unspecified atom stereocenters. The van der Waals surface area contributed by atoms with E-state index in [1.54, 1.807) is 0 Å². The number of ether oxygens (including phenoxy) is 1. The Kier molecular flexibility index (Phi) is 6.91. The van der Waals surface area contributed by atoms with Gasteiger partial charge in [-0.3, -0.25) is 10.4 Å². The summed E-state index contributed by atoms with van der Waals surface area (Å²) >= 11 is 0. The number of hydrogen-bond donors (Lipinski definition) is 1. The average molecular weight is 146 g/mol. The fourth-order valence-electron chi connectivity index (χ4n) is 0.621. The summed E-state index contributed by atoms with van der Waals surface area (Å²) in [6, 6.07) is 0. The second-order valence-electron chi connectivity index (χ2n) is 2.35. The van der Waals surface area contributed by atoms with Crippen molar-refractivity contribution in [1.82, 2.24) is 10.4 Å². The van der Waals surface area contributed by atoms with Gasteiger partial charge >= 0.3 is 0 Å². The molecule has 3 nitrogen and oxygen atoms in total. The van der Waals surface area contributed by atoms with Crippen molar-refractivity contribution in [1.29, 1.82) is 0 Å². The third-order valence-electron chi connectivity index (χ3n) is 1.10. The van der Waals surface area contributed by atoms with E-state index in [0.717, 1.165) is 26.2 Å². The summed E-state index contributed by atoms with van der Waals surface area (Å²) in [6.07, 6.45) is 1.08. The maximum absolute atomic E-state index is 5.16. The Hall–Kier alpha value is -0.120. The van der Waals surface area contributed by atoms with Gasteiger partial charge in [-0.25, -0.2) is 0 Å². The van der Waals surface area contributed by atoms with E-state index in [-0.39, 0.29) is 0 Å². The second-order valence-corrected chi connectivity index (χ2v) is 2.35. The molecule has 0 spiro atoms. The molecule has 0 fully saturated rings. The van der Waals surface area contributed by atoms with Gasteiger partial charge in [0.2, 0.25) is 0 Å². The van der Waals surface area contributed by atoms with Crippen molar-refractivity contribution in [3.63, 3.8) is 0 Å². The Morgan fingerprint density at radius 3 is 2.60 bits per heavy atom. The molecule has 0 atom stereocenters. The molecule has 0 saturated carbocycles. The minimum absolute atomic E-state index is 0.821. The summed E-state index contributed by atoms with van der Waals surface area (Å²) in [5.41, 5.74) is 3.16. The highest BCUT2D eigenvalue weighted by molar-refractivity contribution is 4.39. The maximum Gasteiger partial charge on any atom is 0.0478 e. The zero-order valence-corrected chi connectivity index (χ0v) is 7.18. The molecule has 0 aromatic rings. The number of rotatable bonds is 6. The van der Waals surface area contributed by atoms with E-state index in [1.807, 2.05) is 26.0 Å². The van der Waals surface area contributed by atoms with Crippen LogP contribution in [0.2, 0.25) is 0 Å². The number of nitrogens with one attached hydrogen (secondary N) is 1. The molecule has 0 aromatic carbocycles. The molecule has 0 amide bonds. The van der Waals surface area contributed by atoms with Gasteiger partial charge in [-0.1, -0.05) is 0 Å². The molecule has 0 aliphatic heterocycles. The van der Waals surface area contributed by atoms with Crippen molar-refractivity contribution in [2.75, 3.05) is 33.9 Å². The Morgan fingerprint density at radius 1 is 1.40 bits per heavy atom. The Morgan fingerprint density at radius 2 is 2.10 bits per heavy atom. The average Bonchev–Trinajstić information content (AvgIpc) is 1.87. The van der Waals surface area contributed by atoms with Crippen molar-refractivity contribution in [2.45, 2.75) is 13.3 Å². The highest BCUT2D eigenvalue weighted by atomic mass is 16.5. The van der Waals surface area contributed by atoms with Gasteiger partial charge in [-0.15, -0.1) is 0 Å². The predicted molar refractivity (Wildman–Crippen MR) is 42.8 cm³/mol. The van der Waals surface area contributed by atoms with Gasteiger partial charge in [-0.05, 0) is 13.3 Å². The van der Waals surface area contributed by atoms with Gasteiger partial charge in [0.15, 0.2) is 0 Å². The topological polar surface area (TPSA) is 24.5 Å². The van der Waals surface area contributed by atoms with Crippen molar-refractivity contribution in [3.05, 3.63) is 0 Å². The molecule has 0 aliphatic rings. The first-order valence-electron chi connectivity index (χ1n) is 3.76. The van der Waals surface area contributed by atoms with Crippen LogP contribution in [0.5, 0.6) is 0 Å². The van der Waals surface area contributed by atoms with Crippen LogP contribution in [0.25, 0.3) is 0 Å². The first kappa shape index (κ1) is 9.88. The quantitative estimate of drug-likeness (QED) is 0.436. The molecule has 0 aromatic heterocycles. The number of hydrogen-bond acceptors (Lipinski definition) is 3. The van der Waals surface area contributed by atoms with E-state index < -0.39 is 0 Å². The van der Waals surface area contributed by atoms with E-state index in [2.05, 4.69) is 5.43 Å². The van der Waals surface area contributed by atoms with Crippen molar-refractivity contribution < 1.29 is 4.74 Å².